The maximum atomic E-state index is 14.3. The predicted octanol–water partition coefficient (Wildman–Crippen LogP) is 9.24. The third-order valence-corrected chi connectivity index (χ3v) is 15.1. The predicted molar refractivity (Wildman–Crippen MR) is 212 cm³/mol. The van der Waals surface area contributed by atoms with Crippen LogP contribution in [0, 0.1) is 13.8 Å². The van der Waals surface area contributed by atoms with Crippen LogP contribution in [0.2, 0.25) is 18.1 Å². The zero-order valence-corrected chi connectivity index (χ0v) is 34.9. The van der Waals surface area contributed by atoms with Gasteiger partial charge in [0.15, 0.2) is 20.0 Å². The third-order valence-electron chi connectivity index (χ3n) is 10.5. The highest BCUT2D eigenvalue weighted by Crippen LogP contribution is 2.66. The van der Waals surface area contributed by atoms with Crippen LogP contribution in [0.3, 0.4) is 0 Å². The van der Waals surface area contributed by atoms with Crippen molar-refractivity contribution in [3.63, 3.8) is 0 Å². The maximum Gasteiger partial charge on any atom is 0.435 e. The minimum absolute atomic E-state index is 0.121. The average molecular weight is 755 g/mol. The lowest BCUT2D eigenvalue weighted by Gasteiger charge is -2.36. The summed E-state index contributed by atoms with van der Waals surface area (Å²) in [4.78, 5) is 51.9. The normalized spacial score (nSPS) is 18.6. The van der Waals surface area contributed by atoms with Crippen molar-refractivity contribution in [2.24, 2.45) is 0 Å². The van der Waals surface area contributed by atoms with Crippen LogP contribution in [0.25, 0.3) is 10.9 Å². The molecule has 0 saturated heterocycles. The van der Waals surface area contributed by atoms with Crippen molar-refractivity contribution < 1.29 is 28.3 Å². The summed E-state index contributed by atoms with van der Waals surface area (Å²) in [6.07, 6.45) is 1.55. The minimum Gasteiger partial charge on any atom is -0.443 e. The van der Waals surface area contributed by atoms with Crippen LogP contribution in [0.15, 0.2) is 42.6 Å². The molecular weight excluding hydrogens is 701 g/mol. The number of carbonyl (C=O) groups is 3. The second kappa shape index (κ2) is 13.3. The molecule has 1 saturated carbocycles. The Morgan fingerprint density at radius 1 is 0.926 bits per heavy atom. The van der Waals surface area contributed by atoms with E-state index in [1.165, 1.54) is 9.58 Å². The topological polar surface area (TPSA) is 138 Å². The summed E-state index contributed by atoms with van der Waals surface area (Å²) in [6, 6.07) is 11.4. The van der Waals surface area contributed by atoms with Gasteiger partial charge in [-0.15, -0.1) is 5.10 Å². The number of rotatable bonds is 7. The highest BCUT2D eigenvalue weighted by molar-refractivity contribution is 6.74. The summed E-state index contributed by atoms with van der Waals surface area (Å²) in [5.41, 5.74) is 2.70. The van der Waals surface area contributed by atoms with Gasteiger partial charge in [0.2, 0.25) is 5.91 Å². The van der Waals surface area contributed by atoms with Gasteiger partial charge in [0.25, 0.3) is 0 Å². The SMILES string of the molecule is Cc1ccc2c(c1)[C@]1(C[C@H]1c1ccc3c(Nc4ncc(CCO[Si](C)(C)C(C)(C)C)nc4C)nn(C(=O)OC(C)(C)C)c3c1)C(=O)N2C(=O)OC(C)(C)C. The number of fused-ring (bicyclic) bond motifs is 3. The molecule has 2 atom stereocenters. The van der Waals surface area contributed by atoms with E-state index >= 15 is 0 Å². The van der Waals surface area contributed by atoms with Crippen molar-refractivity contribution in [3.05, 3.63) is 70.7 Å². The second-order valence-electron chi connectivity index (χ2n) is 18.2. The number of aryl methyl sites for hydroxylation is 2. The van der Waals surface area contributed by atoms with E-state index in [0.29, 0.717) is 53.4 Å². The Hall–Kier alpha value is -4.62. The Bertz CT molecular complexity index is 2160. The first kappa shape index (κ1) is 39.1. The quantitative estimate of drug-likeness (QED) is 0.182. The third kappa shape index (κ3) is 7.40. The molecule has 6 rings (SSSR count). The molecule has 1 N–H and O–H groups in total. The number of hydrogen-bond donors (Lipinski definition) is 1. The number of ether oxygens (including phenoxy) is 2. The molecule has 12 nitrogen and oxygen atoms in total. The molecule has 2 aromatic carbocycles. The summed E-state index contributed by atoms with van der Waals surface area (Å²) in [6.45, 7) is 26.3. The highest BCUT2D eigenvalue weighted by atomic mass is 28.4. The van der Waals surface area contributed by atoms with Gasteiger partial charge < -0.3 is 19.2 Å². The second-order valence-corrected chi connectivity index (χ2v) is 23.0. The zero-order chi connectivity index (χ0) is 39.8. The monoisotopic (exact) mass is 754 g/mol. The molecule has 2 aromatic heterocycles. The van der Waals surface area contributed by atoms with Gasteiger partial charge in [0, 0.05) is 24.3 Å². The van der Waals surface area contributed by atoms with Gasteiger partial charge >= 0.3 is 12.2 Å². The van der Waals surface area contributed by atoms with Crippen molar-refractivity contribution >= 4 is 54.6 Å². The van der Waals surface area contributed by atoms with Gasteiger partial charge in [-0.3, -0.25) is 9.78 Å². The van der Waals surface area contributed by atoms with Crippen LogP contribution < -0.4 is 10.2 Å². The molecule has 288 valence electrons. The minimum atomic E-state index is -1.88. The lowest BCUT2D eigenvalue weighted by atomic mass is 9.91. The summed E-state index contributed by atoms with van der Waals surface area (Å²) < 4.78 is 19.0. The van der Waals surface area contributed by atoms with Crippen molar-refractivity contribution in [1.82, 2.24) is 19.7 Å². The fraction of sp³-hybridized carbons (Fsp3) is 0.512. The van der Waals surface area contributed by atoms with Crippen LogP contribution in [-0.2, 0) is 30.5 Å². The van der Waals surface area contributed by atoms with Gasteiger partial charge in [0.05, 0.1) is 34.2 Å². The summed E-state index contributed by atoms with van der Waals surface area (Å²) in [5.74, 6) is 0.362. The number of imide groups is 1. The van der Waals surface area contributed by atoms with Gasteiger partial charge in [0.1, 0.15) is 11.2 Å². The fourth-order valence-corrected chi connectivity index (χ4v) is 7.76. The van der Waals surface area contributed by atoms with Crippen LogP contribution in [-0.4, -0.2) is 64.0 Å². The number of nitrogens with one attached hydrogen (secondary N) is 1. The van der Waals surface area contributed by atoms with Crippen LogP contribution in [0.5, 0.6) is 0 Å². The molecule has 0 radical (unpaired) electrons. The van der Waals surface area contributed by atoms with Gasteiger partial charge in [-0.05, 0) is 109 Å². The first-order chi connectivity index (χ1) is 24.9. The van der Waals surface area contributed by atoms with Gasteiger partial charge in [-0.25, -0.2) is 19.5 Å². The molecule has 0 unspecified atom stereocenters. The molecule has 2 aliphatic rings. The Morgan fingerprint density at radius 2 is 1.59 bits per heavy atom. The average Bonchev–Trinajstić information content (AvgIpc) is 3.62. The molecule has 3 heterocycles. The number of anilines is 3. The number of aromatic nitrogens is 4. The highest BCUT2D eigenvalue weighted by Gasteiger charge is 2.68. The maximum absolute atomic E-state index is 14.3. The first-order valence-electron chi connectivity index (χ1n) is 18.6. The van der Waals surface area contributed by atoms with E-state index in [9.17, 15) is 14.4 Å². The van der Waals surface area contributed by atoms with E-state index < -0.39 is 37.1 Å². The molecule has 1 aliphatic carbocycles. The van der Waals surface area contributed by atoms with Crippen molar-refractivity contribution in [3.8, 4) is 0 Å². The molecule has 1 spiro atoms. The summed E-state index contributed by atoms with van der Waals surface area (Å²) in [7, 11) is -1.88. The number of carbonyl (C=O) groups excluding carboxylic acids is 3. The Kier molecular flexibility index (Phi) is 9.62. The van der Waals surface area contributed by atoms with E-state index in [-0.39, 0.29) is 16.9 Å². The molecule has 2 amide bonds. The molecule has 4 aromatic rings. The Morgan fingerprint density at radius 3 is 2.22 bits per heavy atom. The van der Waals surface area contributed by atoms with Crippen LogP contribution >= 0.6 is 0 Å². The number of amides is 2. The van der Waals surface area contributed by atoms with E-state index in [4.69, 9.17) is 18.9 Å². The van der Waals surface area contributed by atoms with Crippen molar-refractivity contribution in [2.75, 3.05) is 16.8 Å². The lowest BCUT2D eigenvalue weighted by molar-refractivity contribution is -0.120. The van der Waals surface area contributed by atoms with E-state index in [2.05, 4.69) is 49.3 Å². The number of benzene rings is 2. The zero-order valence-electron chi connectivity index (χ0n) is 33.9. The lowest BCUT2D eigenvalue weighted by Crippen LogP contribution is -2.41. The van der Waals surface area contributed by atoms with Crippen molar-refractivity contribution in [2.45, 2.75) is 130 Å². The molecule has 1 fully saturated rings. The van der Waals surface area contributed by atoms with Crippen molar-refractivity contribution in [1.29, 1.82) is 0 Å². The molecule has 54 heavy (non-hydrogen) atoms. The standard InChI is InChI=1S/C41H54N6O6Si/c1-24-14-17-31-29(20-24)41(35(48)46(31)36(49)52-38(3,4)5)22-30(41)26-15-16-28-32(21-26)47(37(50)53-39(6,7)8)45-34(28)44-33-25(2)43-27(23-42-33)18-19-51-54(12,13)40(9,10)11/h14-17,20-21,23,30H,18-19,22H2,1-13H3,(H,42,44,45)/t30-,41-/m0/s1. The van der Waals surface area contributed by atoms with Crippen LogP contribution in [0.4, 0.5) is 26.9 Å². The fourth-order valence-electron chi connectivity index (χ4n) is 6.71. The van der Waals surface area contributed by atoms with E-state index in [1.807, 2.05) is 50.2 Å². The smallest absolute Gasteiger partial charge is 0.435 e. The largest absolute Gasteiger partial charge is 0.443 e. The van der Waals surface area contributed by atoms with Gasteiger partial charge in [-0.2, -0.15) is 4.68 Å². The van der Waals surface area contributed by atoms with E-state index in [1.54, 1.807) is 47.7 Å². The van der Waals surface area contributed by atoms with E-state index in [0.717, 1.165) is 22.4 Å². The van der Waals surface area contributed by atoms with Crippen LogP contribution in [0.1, 0.15) is 103 Å². The molecule has 1 aliphatic heterocycles. The number of nitrogens with zero attached hydrogens (tertiary/aromatic N) is 5. The summed E-state index contributed by atoms with van der Waals surface area (Å²) in [5, 5.41) is 8.78. The van der Waals surface area contributed by atoms with Gasteiger partial charge in [-0.1, -0.05) is 44.5 Å². The number of hydrogen-bond acceptors (Lipinski definition) is 10. The summed E-state index contributed by atoms with van der Waals surface area (Å²) >= 11 is 0. The molecule has 0 bridgehead atoms. The molecular formula is C41H54N6O6Si. The Labute approximate surface area is 319 Å². The molecule has 13 heteroatoms. The Balaban J connectivity index is 1.32. The first-order valence-corrected chi connectivity index (χ1v) is 21.5.